The number of nitrogens with zero attached hydrogens (tertiary/aromatic N) is 4. The Hall–Kier alpha value is -14.7. The smallest absolute Gasteiger partial charge is 0.160 e. The van der Waals surface area contributed by atoms with Crippen LogP contribution in [0.15, 0.2) is 397 Å². The van der Waals surface area contributed by atoms with Crippen molar-refractivity contribution in [1.29, 1.82) is 0 Å². The van der Waals surface area contributed by atoms with Crippen LogP contribution >= 0.6 is 0 Å². The largest absolute Gasteiger partial charge is 0.455 e. The highest BCUT2D eigenvalue weighted by atomic mass is 16.3. The predicted molar refractivity (Wildman–Crippen MR) is 462 cm³/mol. The molecule has 0 bridgehead atoms. The molecule has 0 saturated carbocycles. The summed E-state index contributed by atoms with van der Waals surface area (Å²) in [4.78, 5) is 0. The number of furan rings is 2. The van der Waals surface area contributed by atoms with E-state index < -0.39 is 0 Å². The molecule has 0 amide bonds. The van der Waals surface area contributed by atoms with Crippen molar-refractivity contribution < 1.29 is 8.83 Å². The summed E-state index contributed by atoms with van der Waals surface area (Å²) >= 11 is 0. The second-order valence-corrected chi connectivity index (χ2v) is 29.1. The van der Waals surface area contributed by atoms with Gasteiger partial charge in [-0.25, -0.2) is 0 Å². The molecule has 6 nitrogen and oxygen atoms in total. The maximum Gasteiger partial charge on any atom is 0.160 e. The fourth-order valence-corrected chi connectivity index (χ4v) is 17.9. The molecule has 6 heterocycles. The summed E-state index contributed by atoms with van der Waals surface area (Å²) in [5.74, 6) is 0. The molecule has 0 atom stereocenters. The van der Waals surface area contributed by atoms with Gasteiger partial charge in [0, 0.05) is 82.0 Å². The summed E-state index contributed by atoms with van der Waals surface area (Å²) in [5, 5.41) is 19.0. The van der Waals surface area contributed by atoms with Crippen LogP contribution in [-0.4, -0.2) is 18.3 Å². The molecule has 0 aliphatic carbocycles. The number of hydrogen-bond donors (Lipinski definition) is 0. The SMILES string of the molecule is c1ccc(-c2cccc(-n3c4ccccc4c4cc(-c5ccc6c(c5)c5c7oc8ccccc8c7ccc5n6-c5ccc6ccccc6c5)ccc43)c2)cc1.c1ccc(-c2cccc(-n3c4ccccc4c4cc(-c5ccc6c(c5)c5ccc7c8ccccc8oc7c5n6-c5ccc6ccccc6c5)ccc43)c2)cc1. The van der Waals surface area contributed by atoms with Crippen molar-refractivity contribution >= 4 is 153 Å². The fraction of sp³-hybridized carbons (Fsp3) is 0. The summed E-state index contributed by atoms with van der Waals surface area (Å²) in [6.45, 7) is 0. The van der Waals surface area contributed by atoms with Gasteiger partial charge in [0.25, 0.3) is 0 Å². The van der Waals surface area contributed by atoms with Crippen LogP contribution in [-0.2, 0) is 0 Å². The van der Waals surface area contributed by atoms with Crippen molar-refractivity contribution in [2.75, 3.05) is 0 Å². The molecule has 512 valence electrons. The van der Waals surface area contributed by atoms with Crippen LogP contribution in [0.1, 0.15) is 0 Å². The summed E-state index contributed by atoms with van der Waals surface area (Å²) in [6.07, 6.45) is 0. The fourth-order valence-electron chi connectivity index (χ4n) is 17.9. The topological polar surface area (TPSA) is 46.0 Å². The zero-order valence-electron chi connectivity index (χ0n) is 59.6. The minimum atomic E-state index is 0.903. The van der Waals surface area contributed by atoms with Crippen LogP contribution in [0.25, 0.3) is 220 Å². The predicted octanol–water partition coefficient (Wildman–Crippen LogP) is 28.5. The van der Waals surface area contributed by atoms with Gasteiger partial charge < -0.3 is 27.1 Å². The third-order valence-electron chi connectivity index (χ3n) is 23.0. The van der Waals surface area contributed by atoms with Gasteiger partial charge in [-0.3, -0.25) is 0 Å². The molecule has 0 saturated heterocycles. The van der Waals surface area contributed by atoms with Crippen molar-refractivity contribution in [3.63, 3.8) is 0 Å². The first-order valence-corrected chi connectivity index (χ1v) is 37.7. The zero-order chi connectivity index (χ0) is 72.1. The number of fused-ring (bicyclic) bond motifs is 22. The Kier molecular flexibility index (Phi) is 13.7. The van der Waals surface area contributed by atoms with E-state index in [1.54, 1.807) is 0 Å². The lowest BCUT2D eigenvalue weighted by molar-refractivity contribution is 0.671. The average Bonchev–Trinajstić information content (AvgIpc) is 1.56. The molecule has 24 aromatic rings. The van der Waals surface area contributed by atoms with Crippen LogP contribution < -0.4 is 0 Å². The van der Waals surface area contributed by atoms with E-state index in [-0.39, 0.29) is 0 Å². The Morgan fingerprint density at radius 3 is 1.05 bits per heavy atom. The summed E-state index contributed by atoms with van der Waals surface area (Å²) in [6, 6.07) is 141. The van der Waals surface area contributed by atoms with Gasteiger partial charge in [-0.15, -0.1) is 0 Å². The monoisotopic (exact) mass is 1400 g/mol. The lowest BCUT2D eigenvalue weighted by atomic mass is 10.00. The van der Waals surface area contributed by atoms with Crippen LogP contribution in [0.2, 0.25) is 0 Å². The Morgan fingerprint density at radius 1 is 0.164 bits per heavy atom. The normalized spacial score (nSPS) is 12.0. The van der Waals surface area contributed by atoms with Gasteiger partial charge in [0.15, 0.2) is 5.58 Å². The lowest BCUT2D eigenvalue weighted by Gasteiger charge is -2.11. The first-order chi connectivity index (χ1) is 54.5. The Labute approximate surface area is 631 Å². The van der Waals surface area contributed by atoms with Gasteiger partial charge in [-0.1, -0.05) is 249 Å². The maximum absolute atomic E-state index is 6.71. The molecule has 0 N–H and O–H groups in total. The van der Waals surface area contributed by atoms with Gasteiger partial charge in [0.2, 0.25) is 0 Å². The second-order valence-electron chi connectivity index (χ2n) is 29.1. The Morgan fingerprint density at radius 2 is 0.509 bits per heavy atom. The number of benzene rings is 18. The van der Waals surface area contributed by atoms with Crippen molar-refractivity contribution in [1.82, 2.24) is 18.3 Å². The van der Waals surface area contributed by atoms with E-state index in [0.29, 0.717) is 0 Å². The quantitative estimate of drug-likeness (QED) is 0.152. The van der Waals surface area contributed by atoms with Gasteiger partial charge in [0.1, 0.15) is 16.7 Å². The molecule has 6 aromatic heterocycles. The van der Waals surface area contributed by atoms with E-state index in [4.69, 9.17) is 8.83 Å². The number of rotatable bonds is 8. The number of aromatic nitrogens is 4. The van der Waals surface area contributed by atoms with E-state index in [0.717, 1.165) is 94.1 Å². The van der Waals surface area contributed by atoms with Crippen LogP contribution in [0.5, 0.6) is 0 Å². The van der Waals surface area contributed by atoms with Crippen LogP contribution in [0.4, 0.5) is 0 Å². The van der Waals surface area contributed by atoms with Crippen LogP contribution in [0.3, 0.4) is 0 Å². The van der Waals surface area contributed by atoms with E-state index in [2.05, 4.69) is 394 Å². The van der Waals surface area contributed by atoms with E-state index in [9.17, 15) is 0 Å². The molecular formula is C104H64N4O2. The molecule has 6 heteroatoms. The highest BCUT2D eigenvalue weighted by molar-refractivity contribution is 6.26. The number of para-hydroxylation sites is 4. The van der Waals surface area contributed by atoms with E-state index in [1.807, 2.05) is 12.1 Å². The minimum absolute atomic E-state index is 0.903. The molecule has 0 aliphatic rings. The first kappa shape index (κ1) is 61.6. The number of hydrogen-bond acceptors (Lipinski definition) is 2. The maximum atomic E-state index is 6.71. The molecule has 0 fully saturated rings. The van der Waals surface area contributed by atoms with Gasteiger partial charge in [-0.2, -0.15) is 0 Å². The molecular weight excluding hydrogens is 1340 g/mol. The first-order valence-electron chi connectivity index (χ1n) is 37.7. The van der Waals surface area contributed by atoms with E-state index in [1.165, 1.54) is 126 Å². The van der Waals surface area contributed by atoms with E-state index >= 15 is 0 Å². The van der Waals surface area contributed by atoms with Gasteiger partial charge >= 0.3 is 0 Å². The molecule has 24 rings (SSSR count). The van der Waals surface area contributed by atoms with Gasteiger partial charge in [-0.05, 0) is 206 Å². The average molecular weight is 1400 g/mol. The Balaban J connectivity index is 0.000000132. The van der Waals surface area contributed by atoms with Gasteiger partial charge in [0.05, 0.1) is 49.5 Å². The molecule has 110 heavy (non-hydrogen) atoms. The molecule has 0 aliphatic heterocycles. The van der Waals surface area contributed by atoms with Crippen LogP contribution in [0, 0.1) is 0 Å². The minimum Gasteiger partial charge on any atom is -0.455 e. The van der Waals surface area contributed by atoms with Crippen molar-refractivity contribution in [2.24, 2.45) is 0 Å². The molecule has 0 radical (unpaired) electrons. The third kappa shape index (κ3) is 9.62. The second kappa shape index (κ2) is 24.4. The van der Waals surface area contributed by atoms with Crippen molar-refractivity contribution in [3.8, 4) is 67.3 Å². The molecule has 0 unspecified atom stereocenters. The Bertz CT molecular complexity index is 7910. The third-order valence-corrected chi connectivity index (χ3v) is 23.0. The highest BCUT2D eigenvalue weighted by Crippen LogP contribution is 2.47. The van der Waals surface area contributed by atoms with Crippen molar-refractivity contribution in [2.45, 2.75) is 0 Å². The summed E-state index contributed by atoms with van der Waals surface area (Å²) in [5.41, 5.74) is 27.0. The summed E-state index contributed by atoms with van der Waals surface area (Å²) in [7, 11) is 0. The highest BCUT2D eigenvalue weighted by Gasteiger charge is 2.24. The zero-order valence-corrected chi connectivity index (χ0v) is 59.6. The van der Waals surface area contributed by atoms with Crippen molar-refractivity contribution in [3.05, 3.63) is 388 Å². The standard InChI is InChI=1S/2C52H32N2O/c1-2-11-33(12-3-1)36-15-10-16-39(29-36)53-47-19-8-6-17-41(47)45-31-37(22-27-48(45)53)38-23-28-49-46(32-38)43-25-26-44-42-18-7-9-20-50(42)55-52(44)51(43)54(49)40-24-21-34-13-4-5-14-35(34)30-40;1-2-11-33(12-3-1)36-15-10-16-39(29-36)53-46-19-8-6-17-41(46)44-31-37(22-26-47(44)53)38-23-27-48-45(32-38)51-49(28-25-43-42-18-7-9-20-50(42)55-52(43)51)54(48)40-24-21-34-13-4-5-14-35(34)30-40/h2*1-32H. The molecule has 18 aromatic carbocycles. The lowest BCUT2D eigenvalue weighted by Crippen LogP contribution is -1.94. The molecule has 0 spiro atoms. The summed E-state index contributed by atoms with van der Waals surface area (Å²) < 4.78 is 23.0.